The smallest absolute Gasteiger partial charge is 0.259 e. The maximum absolute atomic E-state index is 13.1. The molecule has 8 nitrogen and oxygen atoms in total. The van der Waals surface area contributed by atoms with E-state index in [2.05, 4.69) is 17.1 Å². The van der Waals surface area contributed by atoms with Crippen molar-refractivity contribution < 1.29 is 22.7 Å². The third kappa shape index (κ3) is 5.78. The fraction of sp³-hybridized carbons (Fsp3) is 0.480. The number of hydrogen-bond donors (Lipinski definition) is 1. The Kier molecular flexibility index (Phi) is 7.88. The van der Waals surface area contributed by atoms with E-state index in [1.807, 2.05) is 24.3 Å². The number of morpholine rings is 1. The van der Waals surface area contributed by atoms with E-state index in [0.717, 1.165) is 25.6 Å². The highest BCUT2D eigenvalue weighted by molar-refractivity contribution is 7.89. The number of nitrogens with one attached hydrogen (secondary N) is 1. The number of carbonyl (C=O) groups is 1. The van der Waals surface area contributed by atoms with Crippen LogP contribution in [0.4, 0.5) is 5.69 Å². The first-order valence-electron chi connectivity index (χ1n) is 11.8. The van der Waals surface area contributed by atoms with Crippen LogP contribution in [-0.4, -0.2) is 70.0 Å². The van der Waals surface area contributed by atoms with Crippen molar-refractivity contribution in [1.29, 1.82) is 0 Å². The zero-order chi connectivity index (χ0) is 24.1. The number of hydrogen-bond acceptors (Lipinski definition) is 6. The molecule has 0 radical (unpaired) electrons. The zero-order valence-corrected chi connectivity index (χ0v) is 20.6. The zero-order valence-electron chi connectivity index (χ0n) is 19.8. The Hall–Kier alpha value is -2.46. The fourth-order valence-electron chi connectivity index (χ4n) is 4.54. The number of rotatable bonds is 7. The molecule has 1 amide bonds. The van der Waals surface area contributed by atoms with Crippen molar-refractivity contribution in [3.63, 3.8) is 0 Å². The van der Waals surface area contributed by atoms with Crippen LogP contribution in [-0.2, 0) is 21.3 Å². The number of piperidine rings is 1. The summed E-state index contributed by atoms with van der Waals surface area (Å²) in [6.07, 6.45) is 2.53. The molecular formula is C25H33N3O5S. The summed E-state index contributed by atoms with van der Waals surface area (Å²) in [5.41, 5.74) is 2.01. The molecular weight excluding hydrogens is 454 g/mol. The number of anilines is 1. The summed E-state index contributed by atoms with van der Waals surface area (Å²) in [4.78, 5) is 15.6. The number of carbonyl (C=O) groups excluding carboxylic acids is 1. The highest BCUT2D eigenvalue weighted by Gasteiger charge is 2.28. The van der Waals surface area contributed by atoms with E-state index in [-0.39, 0.29) is 10.5 Å². The molecule has 0 aromatic heterocycles. The standard InChI is InChI=1S/C25H33N3O5S/c1-19-4-3-11-27(17-19)18-20-5-7-21(8-6-20)26-25(29)23-16-22(9-10-24(23)32-2)34(30,31)28-12-14-33-15-13-28/h5-10,16,19H,3-4,11-15,17-18H2,1-2H3,(H,26,29)/t19-/m1/s1. The van der Waals surface area contributed by atoms with Gasteiger partial charge in [-0.15, -0.1) is 0 Å². The monoisotopic (exact) mass is 487 g/mol. The molecule has 1 N–H and O–H groups in total. The second-order valence-corrected chi connectivity index (χ2v) is 11.0. The van der Waals surface area contributed by atoms with Gasteiger partial charge in [-0.2, -0.15) is 4.31 Å². The van der Waals surface area contributed by atoms with E-state index in [0.29, 0.717) is 37.7 Å². The molecule has 0 saturated carbocycles. The quantitative estimate of drug-likeness (QED) is 0.645. The molecule has 2 aromatic carbocycles. The number of methoxy groups -OCH3 is 1. The van der Waals surface area contributed by atoms with Gasteiger partial charge in [-0.1, -0.05) is 19.1 Å². The lowest BCUT2D eigenvalue weighted by Gasteiger charge is -2.30. The molecule has 2 fully saturated rings. The molecule has 2 aromatic rings. The van der Waals surface area contributed by atoms with Crippen LogP contribution < -0.4 is 10.1 Å². The lowest BCUT2D eigenvalue weighted by atomic mass is 10.00. The summed E-state index contributed by atoms with van der Waals surface area (Å²) in [5.74, 6) is 0.618. The molecule has 0 bridgehead atoms. The first kappa shape index (κ1) is 24.7. The van der Waals surface area contributed by atoms with Crippen LogP contribution in [0.25, 0.3) is 0 Å². The van der Waals surface area contributed by atoms with Crippen molar-refractivity contribution in [2.24, 2.45) is 5.92 Å². The van der Waals surface area contributed by atoms with E-state index < -0.39 is 15.9 Å². The van der Waals surface area contributed by atoms with Crippen molar-refractivity contribution in [3.8, 4) is 5.75 Å². The molecule has 4 rings (SSSR count). The van der Waals surface area contributed by atoms with Gasteiger partial charge in [-0.3, -0.25) is 9.69 Å². The minimum absolute atomic E-state index is 0.0615. The number of benzene rings is 2. The largest absolute Gasteiger partial charge is 0.496 e. The minimum Gasteiger partial charge on any atom is -0.496 e. The van der Waals surface area contributed by atoms with Gasteiger partial charge in [0.25, 0.3) is 5.91 Å². The average molecular weight is 488 g/mol. The molecule has 9 heteroatoms. The van der Waals surface area contributed by atoms with Crippen molar-refractivity contribution in [2.75, 3.05) is 51.8 Å². The summed E-state index contributed by atoms with van der Waals surface area (Å²) >= 11 is 0. The summed E-state index contributed by atoms with van der Waals surface area (Å²) in [6.45, 7) is 6.71. The molecule has 34 heavy (non-hydrogen) atoms. The third-order valence-electron chi connectivity index (χ3n) is 6.38. The van der Waals surface area contributed by atoms with Gasteiger partial charge < -0.3 is 14.8 Å². The van der Waals surface area contributed by atoms with Crippen LogP contribution in [0.1, 0.15) is 35.7 Å². The normalized spacial score (nSPS) is 20.1. The van der Waals surface area contributed by atoms with E-state index in [4.69, 9.17) is 9.47 Å². The van der Waals surface area contributed by atoms with Crippen LogP contribution in [0, 0.1) is 5.92 Å². The van der Waals surface area contributed by atoms with Crippen LogP contribution in [0.2, 0.25) is 0 Å². The Labute approximate surface area is 201 Å². The van der Waals surface area contributed by atoms with Gasteiger partial charge in [0, 0.05) is 31.9 Å². The Morgan fingerprint density at radius 1 is 1.12 bits per heavy atom. The highest BCUT2D eigenvalue weighted by Crippen LogP contribution is 2.26. The average Bonchev–Trinajstić information content (AvgIpc) is 2.85. The second-order valence-electron chi connectivity index (χ2n) is 9.01. The number of ether oxygens (including phenoxy) is 2. The lowest BCUT2D eigenvalue weighted by molar-refractivity contribution is 0.0730. The van der Waals surface area contributed by atoms with Gasteiger partial charge >= 0.3 is 0 Å². The van der Waals surface area contributed by atoms with Crippen molar-refractivity contribution >= 4 is 21.6 Å². The van der Waals surface area contributed by atoms with Gasteiger partial charge in [-0.05, 0) is 61.2 Å². The molecule has 2 heterocycles. The predicted molar refractivity (Wildman–Crippen MR) is 131 cm³/mol. The first-order valence-corrected chi connectivity index (χ1v) is 13.2. The number of sulfonamides is 1. The van der Waals surface area contributed by atoms with E-state index in [1.165, 1.54) is 48.0 Å². The van der Waals surface area contributed by atoms with Crippen LogP contribution >= 0.6 is 0 Å². The van der Waals surface area contributed by atoms with Gasteiger partial charge in [-0.25, -0.2) is 8.42 Å². The summed E-state index contributed by atoms with van der Waals surface area (Å²) < 4.78 is 38.0. The maximum Gasteiger partial charge on any atom is 0.259 e. The predicted octanol–water partition coefficient (Wildman–Crippen LogP) is 3.20. The topological polar surface area (TPSA) is 88.2 Å². The Bertz CT molecular complexity index is 1100. The van der Waals surface area contributed by atoms with Crippen LogP contribution in [0.15, 0.2) is 47.4 Å². The minimum atomic E-state index is -3.73. The summed E-state index contributed by atoms with van der Waals surface area (Å²) in [5, 5.41) is 2.87. The molecule has 2 saturated heterocycles. The van der Waals surface area contributed by atoms with Crippen molar-refractivity contribution in [2.45, 2.75) is 31.2 Å². The Morgan fingerprint density at radius 2 is 1.85 bits per heavy atom. The van der Waals surface area contributed by atoms with Gasteiger partial charge in [0.15, 0.2) is 0 Å². The Balaban J connectivity index is 1.47. The fourth-order valence-corrected chi connectivity index (χ4v) is 5.98. The third-order valence-corrected chi connectivity index (χ3v) is 8.28. The van der Waals surface area contributed by atoms with Gasteiger partial charge in [0.05, 0.1) is 30.8 Å². The van der Waals surface area contributed by atoms with Crippen LogP contribution in [0.5, 0.6) is 5.75 Å². The number of nitrogens with zero attached hydrogens (tertiary/aromatic N) is 2. The van der Waals surface area contributed by atoms with E-state index >= 15 is 0 Å². The van der Waals surface area contributed by atoms with Gasteiger partial charge in [0.1, 0.15) is 5.75 Å². The SMILES string of the molecule is COc1ccc(S(=O)(=O)N2CCOCC2)cc1C(=O)Nc1ccc(CN2CCC[C@@H](C)C2)cc1. The van der Waals surface area contributed by atoms with E-state index in [9.17, 15) is 13.2 Å². The number of amides is 1. The molecule has 0 unspecified atom stereocenters. The van der Waals surface area contributed by atoms with Crippen LogP contribution in [0.3, 0.4) is 0 Å². The van der Waals surface area contributed by atoms with E-state index in [1.54, 1.807) is 0 Å². The summed E-state index contributed by atoms with van der Waals surface area (Å²) in [6, 6.07) is 12.2. The molecule has 0 spiro atoms. The lowest BCUT2D eigenvalue weighted by Crippen LogP contribution is -2.40. The molecule has 184 valence electrons. The van der Waals surface area contributed by atoms with Crippen molar-refractivity contribution in [1.82, 2.24) is 9.21 Å². The molecule has 1 atom stereocenters. The highest BCUT2D eigenvalue weighted by atomic mass is 32.2. The van der Waals surface area contributed by atoms with Crippen molar-refractivity contribution in [3.05, 3.63) is 53.6 Å². The number of likely N-dealkylation sites (tertiary alicyclic amines) is 1. The first-order chi connectivity index (χ1) is 16.4. The summed E-state index contributed by atoms with van der Waals surface area (Å²) in [7, 11) is -2.27. The molecule has 2 aliphatic heterocycles. The second kappa shape index (κ2) is 10.9. The maximum atomic E-state index is 13.1. The molecule has 0 aliphatic carbocycles. The molecule has 2 aliphatic rings. The Morgan fingerprint density at radius 3 is 2.53 bits per heavy atom. The van der Waals surface area contributed by atoms with Gasteiger partial charge in [0.2, 0.25) is 10.0 Å².